The molecular weight excluding hydrogens is 322 g/mol. The molecule has 2 rings (SSSR count). The van der Waals surface area contributed by atoms with E-state index in [1.54, 1.807) is 12.1 Å². The zero-order valence-corrected chi connectivity index (χ0v) is 14.5. The Morgan fingerprint density at radius 3 is 2.64 bits per heavy atom. The van der Waals surface area contributed by atoms with Crippen molar-refractivity contribution in [2.45, 2.75) is 29.9 Å². The molecule has 0 saturated carbocycles. The van der Waals surface area contributed by atoms with Crippen molar-refractivity contribution in [3.63, 3.8) is 0 Å². The van der Waals surface area contributed by atoms with E-state index >= 15 is 0 Å². The van der Waals surface area contributed by atoms with Gasteiger partial charge in [0.1, 0.15) is 0 Å². The van der Waals surface area contributed by atoms with Crippen LogP contribution in [0.1, 0.15) is 18.9 Å². The lowest BCUT2D eigenvalue weighted by molar-refractivity contribution is -0.137. The van der Waals surface area contributed by atoms with Gasteiger partial charge in [0.2, 0.25) is 10.0 Å². The number of aryl methyl sites for hydroxylation is 1. The standard InChI is InChI=1S/C15H21NO4S2/c1-3-12-4-6-14(7-5-12)22(18,19)16-9-8-13(10-16)21-11-15(17)20-2/h4-7,13H,3,8-11H2,1-2H3/t13-/m1/s1. The minimum atomic E-state index is -3.44. The first-order valence-corrected chi connectivity index (χ1v) is 9.73. The lowest BCUT2D eigenvalue weighted by atomic mass is 10.2. The van der Waals surface area contributed by atoms with Gasteiger partial charge >= 0.3 is 5.97 Å². The molecule has 0 aliphatic carbocycles. The molecular formula is C15H21NO4S2. The number of ether oxygens (including phenoxy) is 1. The predicted octanol–water partition coefficient (Wildman–Crippen LogP) is 1.92. The summed E-state index contributed by atoms with van der Waals surface area (Å²) in [5, 5.41) is 0.142. The smallest absolute Gasteiger partial charge is 0.315 e. The number of rotatable bonds is 6. The molecule has 5 nitrogen and oxygen atoms in total. The molecule has 0 aromatic heterocycles. The second-order valence-electron chi connectivity index (χ2n) is 5.16. The van der Waals surface area contributed by atoms with Gasteiger partial charge in [-0.1, -0.05) is 19.1 Å². The number of hydrogen-bond acceptors (Lipinski definition) is 5. The minimum absolute atomic E-state index is 0.142. The van der Waals surface area contributed by atoms with Crippen molar-refractivity contribution in [1.29, 1.82) is 0 Å². The van der Waals surface area contributed by atoms with Crippen LogP contribution in [0.2, 0.25) is 0 Å². The van der Waals surface area contributed by atoms with Gasteiger partial charge in [-0.05, 0) is 30.5 Å². The Morgan fingerprint density at radius 1 is 1.36 bits per heavy atom. The van der Waals surface area contributed by atoms with Gasteiger partial charge in [-0.15, -0.1) is 11.8 Å². The van der Waals surface area contributed by atoms with Crippen LogP contribution in [0.25, 0.3) is 0 Å². The maximum Gasteiger partial charge on any atom is 0.315 e. The molecule has 0 radical (unpaired) electrons. The Bertz CT molecular complexity index is 613. The normalized spacial score (nSPS) is 19.3. The fraction of sp³-hybridized carbons (Fsp3) is 0.533. The summed E-state index contributed by atoms with van der Waals surface area (Å²) >= 11 is 1.46. The Balaban J connectivity index is 2.00. The Morgan fingerprint density at radius 2 is 2.05 bits per heavy atom. The highest BCUT2D eigenvalue weighted by molar-refractivity contribution is 8.00. The average Bonchev–Trinajstić information content (AvgIpc) is 3.02. The molecule has 1 aliphatic heterocycles. The zero-order valence-electron chi connectivity index (χ0n) is 12.8. The Hall–Kier alpha value is -1.05. The van der Waals surface area contributed by atoms with Crippen LogP contribution in [0.15, 0.2) is 29.2 Å². The monoisotopic (exact) mass is 343 g/mol. The van der Waals surface area contributed by atoms with Gasteiger partial charge < -0.3 is 4.74 Å². The van der Waals surface area contributed by atoms with Gasteiger partial charge in [0.25, 0.3) is 0 Å². The number of benzene rings is 1. The number of nitrogens with zero attached hydrogens (tertiary/aromatic N) is 1. The highest BCUT2D eigenvalue weighted by Gasteiger charge is 2.32. The number of methoxy groups -OCH3 is 1. The topological polar surface area (TPSA) is 63.7 Å². The van der Waals surface area contributed by atoms with Crippen LogP contribution < -0.4 is 0 Å². The number of carbonyl (C=O) groups excluding carboxylic acids is 1. The summed E-state index contributed by atoms with van der Waals surface area (Å²) in [5.74, 6) is -0.0123. The van der Waals surface area contributed by atoms with E-state index in [2.05, 4.69) is 4.74 Å². The number of carbonyl (C=O) groups is 1. The minimum Gasteiger partial charge on any atom is -0.468 e. The summed E-state index contributed by atoms with van der Waals surface area (Å²) in [7, 11) is -2.08. The van der Waals surface area contributed by atoms with E-state index in [-0.39, 0.29) is 17.0 Å². The number of thioether (sulfide) groups is 1. The molecule has 22 heavy (non-hydrogen) atoms. The molecule has 0 bridgehead atoms. The third-order valence-corrected chi connectivity index (χ3v) is 6.88. The second-order valence-corrected chi connectivity index (χ2v) is 8.38. The van der Waals surface area contributed by atoms with E-state index in [4.69, 9.17) is 0 Å². The van der Waals surface area contributed by atoms with Gasteiger partial charge in [-0.2, -0.15) is 4.31 Å². The summed E-state index contributed by atoms with van der Waals surface area (Å²) in [6, 6.07) is 7.05. The summed E-state index contributed by atoms with van der Waals surface area (Å²) in [5.41, 5.74) is 1.12. The average molecular weight is 343 g/mol. The molecule has 1 atom stereocenters. The number of esters is 1. The first-order valence-electron chi connectivity index (χ1n) is 7.25. The van der Waals surface area contributed by atoms with Crippen molar-refractivity contribution in [2.24, 2.45) is 0 Å². The van der Waals surface area contributed by atoms with E-state index < -0.39 is 10.0 Å². The van der Waals surface area contributed by atoms with Crippen molar-refractivity contribution in [3.8, 4) is 0 Å². The highest BCUT2D eigenvalue weighted by Crippen LogP contribution is 2.27. The van der Waals surface area contributed by atoms with E-state index in [9.17, 15) is 13.2 Å². The molecule has 1 aliphatic rings. The fourth-order valence-electron chi connectivity index (χ4n) is 2.34. The van der Waals surface area contributed by atoms with Crippen molar-refractivity contribution in [3.05, 3.63) is 29.8 Å². The molecule has 0 unspecified atom stereocenters. The van der Waals surface area contributed by atoms with Crippen molar-refractivity contribution in [2.75, 3.05) is 26.0 Å². The quantitative estimate of drug-likeness (QED) is 0.739. The van der Waals surface area contributed by atoms with Gasteiger partial charge in [-0.3, -0.25) is 4.79 Å². The Kier molecular flexibility index (Phi) is 5.88. The van der Waals surface area contributed by atoms with Crippen molar-refractivity contribution < 1.29 is 17.9 Å². The van der Waals surface area contributed by atoms with Gasteiger partial charge in [0, 0.05) is 18.3 Å². The zero-order chi connectivity index (χ0) is 16.2. The van der Waals surface area contributed by atoms with Crippen LogP contribution in [0.3, 0.4) is 0 Å². The maximum atomic E-state index is 12.6. The highest BCUT2D eigenvalue weighted by atomic mass is 32.2. The first kappa shape index (κ1) is 17.3. The predicted molar refractivity (Wildman–Crippen MR) is 87.5 cm³/mol. The molecule has 1 heterocycles. The van der Waals surface area contributed by atoms with Gasteiger partial charge in [0.15, 0.2) is 0 Å². The SMILES string of the molecule is CCc1ccc(S(=O)(=O)N2CC[C@@H](SCC(=O)OC)C2)cc1. The van der Waals surface area contributed by atoms with Crippen LogP contribution in [0, 0.1) is 0 Å². The fourth-order valence-corrected chi connectivity index (χ4v) is 4.98. The molecule has 1 aromatic rings. The molecule has 0 amide bonds. The lowest BCUT2D eigenvalue weighted by Gasteiger charge is -2.16. The largest absolute Gasteiger partial charge is 0.468 e. The molecule has 0 N–H and O–H groups in total. The van der Waals surface area contributed by atoms with Gasteiger partial charge in [0.05, 0.1) is 17.8 Å². The van der Waals surface area contributed by atoms with Crippen LogP contribution in [-0.2, 0) is 26.0 Å². The summed E-state index contributed by atoms with van der Waals surface area (Å²) in [4.78, 5) is 11.5. The first-order chi connectivity index (χ1) is 10.5. The summed E-state index contributed by atoms with van der Waals surface area (Å²) in [6.45, 7) is 2.98. The maximum absolute atomic E-state index is 12.6. The van der Waals surface area contributed by atoms with E-state index in [0.29, 0.717) is 18.0 Å². The molecule has 1 saturated heterocycles. The number of hydrogen-bond donors (Lipinski definition) is 0. The molecule has 1 fully saturated rings. The lowest BCUT2D eigenvalue weighted by Crippen LogP contribution is -2.29. The van der Waals surface area contributed by atoms with Crippen LogP contribution in [0.4, 0.5) is 0 Å². The van der Waals surface area contributed by atoms with Crippen LogP contribution in [0.5, 0.6) is 0 Å². The third kappa shape index (κ3) is 4.02. The second kappa shape index (κ2) is 7.48. The van der Waals surface area contributed by atoms with Crippen LogP contribution >= 0.6 is 11.8 Å². The summed E-state index contributed by atoms with van der Waals surface area (Å²) in [6.07, 6.45) is 1.64. The molecule has 7 heteroatoms. The van der Waals surface area contributed by atoms with Crippen molar-refractivity contribution >= 4 is 27.8 Å². The van der Waals surface area contributed by atoms with E-state index in [0.717, 1.165) is 18.4 Å². The van der Waals surface area contributed by atoms with E-state index in [1.807, 2.05) is 19.1 Å². The molecule has 1 aromatic carbocycles. The Labute approximate surface area is 136 Å². The molecule has 122 valence electrons. The number of sulfonamides is 1. The van der Waals surface area contributed by atoms with Crippen molar-refractivity contribution in [1.82, 2.24) is 4.31 Å². The summed E-state index contributed by atoms with van der Waals surface area (Å²) < 4.78 is 31.3. The van der Waals surface area contributed by atoms with E-state index in [1.165, 1.54) is 23.2 Å². The van der Waals surface area contributed by atoms with Crippen LogP contribution in [-0.4, -0.2) is 49.9 Å². The van der Waals surface area contributed by atoms with Gasteiger partial charge in [-0.25, -0.2) is 8.42 Å². The third-order valence-electron chi connectivity index (χ3n) is 3.74. The molecule has 0 spiro atoms.